The topological polar surface area (TPSA) is 42.2 Å². The van der Waals surface area contributed by atoms with Crippen LogP contribution < -0.4 is 5.30 Å². The average molecular weight is 393 g/mol. The quantitative estimate of drug-likeness (QED) is 0.620. The summed E-state index contributed by atoms with van der Waals surface area (Å²) in [5.41, 5.74) is -0.536. The smallest absolute Gasteiger partial charge is 0.278 e. The fourth-order valence-corrected chi connectivity index (χ4v) is 4.47. The summed E-state index contributed by atoms with van der Waals surface area (Å²) in [5, 5.41) is 10.2. The maximum absolute atomic E-state index is 14.0. The summed E-state index contributed by atoms with van der Waals surface area (Å²) < 4.78 is 81.4. The molecule has 0 spiro atoms. The number of halogens is 5. The van der Waals surface area contributed by atoms with Gasteiger partial charge in [-0.05, 0) is 37.9 Å². The normalized spacial score (nSPS) is 19.7. The Labute approximate surface area is 146 Å². The second-order valence-corrected chi connectivity index (χ2v) is 9.95. The van der Waals surface area contributed by atoms with Crippen LogP contribution >= 0.6 is 7.14 Å². The molecule has 1 aromatic carbocycles. The molecule has 0 saturated heterocycles. The van der Waals surface area contributed by atoms with E-state index in [1.165, 1.54) is 30.2 Å². The van der Waals surface area contributed by atoms with Gasteiger partial charge in [0.1, 0.15) is 19.1 Å². The summed E-state index contributed by atoms with van der Waals surface area (Å²) in [7, 11) is -3.05. The van der Waals surface area contributed by atoms with Gasteiger partial charge in [0.2, 0.25) is 0 Å². The molecule has 0 bridgehead atoms. The van der Waals surface area contributed by atoms with Gasteiger partial charge in [-0.3, -0.25) is 0 Å². The lowest BCUT2D eigenvalue weighted by molar-refractivity contribution is -0.121. The van der Waals surface area contributed by atoms with Crippen LogP contribution in [0.4, 0.5) is 22.0 Å². The summed E-state index contributed by atoms with van der Waals surface area (Å²) >= 11 is 0. The first-order valence-corrected chi connectivity index (χ1v) is 10.5. The van der Waals surface area contributed by atoms with Crippen LogP contribution in [-0.2, 0) is 11.0 Å². The van der Waals surface area contributed by atoms with Crippen molar-refractivity contribution in [1.29, 1.82) is 0 Å². The Morgan fingerprint density at radius 1 is 1.31 bits per heavy atom. The van der Waals surface area contributed by atoms with Gasteiger partial charge in [0.15, 0.2) is 0 Å². The van der Waals surface area contributed by atoms with Gasteiger partial charge in [0.25, 0.3) is 12.3 Å². The largest absolute Gasteiger partial charge is 0.382 e. The lowest BCUT2D eigenvalue weighted by Crippen LogP contribution is -2.34. The van der Waals surface area contributed by atoms with Crippen LogP contribution in [0, 0.1) is 5.82 Å². The lowest BCUT2D eigenvalue weighted by Gasteiger charge is -2.30. The second-order valence-electron chi connectivity index (χ2n) is 6.77. The molecule has 0 unspecified atom stereocenters. The predicted molar refractivity (Wildman–Crippen MR) is 88.0 cm³/mol. The maximum atomic E-state index is 14.0. The van der Waals surface area contributed by atoms with Gasteiger partial charge in [0, 0.05) is 34.9 Å². The molecule has 26 heavy (non-hydrogen) atoms. The number of aliphatic hydroxyl groups is 1. The zero-order valence-electron chi connectivity index (χ0n) is 14.0. The summed E-state index contributed by atoms with van der Waals surface area (Å²) in [6.45, 7) is 2.75. The van der Waals surface area contributed by atoms with Crippen molar-refractivity contribution in [1.82, 2.24) is 4.57 Å². The first-order valence-electron chi connectivity index (χ1n) is 7.87. The maximum Gasteiger partial charge on any atom is 0.278 e. The van der Waals surface area contributed by atoms with E-state index in [0.717, 1.165) is 12.1 Å². The molecule has 1 aliphatic carbocycles. The van der Waals surface area contributed by atoms with E-state index < -0.39 is 43.4 Å². The molecule has 0 amide bonds. The molecule has 9 heteroatoms. The van der Waals surface area contributed by atoms with E-state index in [0.29, 0.717) is 0 Å². The van der Waals surface area contributed by atoms with Crippen molar-refractivity contribution >= 4 is 12.4 Å². The van der Waals surface area contributed by atoms with Crippen molar-refractivity contribution in [3.63, 3.8) is 0 Å². The molecule has 1 aliphatic rings. The minimum atomic E-state index is -3.37. The van der Waals surface area contributed by atoms with Gasteiger partial charge in [-0.1, -0.05) is 0 Å². The number of aliphatic hydroxyl groups excluding tert-OH is 1. The minimum absolute atomic E-state index is 0.0716. The number of fused-ring (bicyclic) bond motifs is 1. The van der Waals surface area contributed by atoms with Gasteiger partial charge < -0.3 is 14.2 Å². The Kier molecular flexibility index (Phi) is 4.56. The molecule has 1 N–H and O–H groups in total. The number of rotatable bonds is 3. The SMILES string of the molecule is CP(C)(=O)c1cn(-c2ccc(F)c(C(F)F)c2)c2c1[C@H](O)C(F)(F)CC2. The third-order valence-corrected chi connectivity index (χ3v) is 6.09. The van der Waals surface area contributed by atoms with Crippen molar-refractivity contribution in [3.05, 3.63) is 47.0 Å². The highest BCUT2D eigenvalue weighted by atomic mass is 31.2. The zero-order chi connectivity index (χ0) is 19.4. The van der Waals surface area contributed by atoms with Crippen molar-refractivity contribution in [2.45, 2.75) is 31.3 Å². The average Bonchev–Trinajstić information content (AvgIpc) is 2.91. The summed E-state index contributed by atoms with van der Waals surface area (Å²) in [5.74, 6) is -4.45. The van der Waals surface area contributed by atoms with Crippen LogP contribution in [-0.4, -0.2) is 28.9 Å². The monoisotopic (exact) mass is 393 g/mol. The van der Waals surface area contributed by atoms with Gasteiger partial charge >= 0.3 is 0 Å². The van der Waals surface area contributed by atoms with Gasteiger partial charge in [-0.15, -0.1) is 0 Å². The van der Waals surface area contributed by atoms with Crippen LogP contribution in [0.25, 0.3) is 5.69 Å². The second kappa shape index (κ2) is 6.20. The molecule has 3 nitrogen and oxygen atoms in total. The highest BCUT2D eigenvalue weighted by Crippen LogP contribution is 2.47. The number of hydrogen-bond donors (Lipinski definition) is 1. The third kappa shape index (κ3) is 3.09. The highest BCUT2D eigenvalue weighted by molar-refractivity contribution is 7.70. The molecule has 0 aliphatic heterocycles. The number of hydrogen-bond acceptors (Lipinski definition) is 2. The van der Waals surface area contributed by atoms with Gasteiger partial charge in [-0.2, -0.15) is 0 Å². The lowest BCUT2D eigenvalue weighted by atomic mass is 9.91. The fourth-order valence-electron chi connectivity index (χ4n) is 3.24. The molecule has 142 valence electrons. The Bertz CT molecular complexity index is 903. The molecule has 1 aromatic heterocycles. The summed E-state index contributed by atoms with van der Waals surface area (Å²) in [6.07, 6.45) is -4.63. The van der Waals surface area contributed by atoms with E-state index in [9.17, 15) is 31.6 Å². The Hall–Kier alpha value is -1.66. The zero-order valence-corrected chi connectivity index (χ0v) is 14.9. The molecule has 0 fully saturated rings. The Balaban J connectivity index is 2.26. The molecule has 0 radical (unpaired) electrons. The summed E-state index contributed by atoms with van der Waals surface area (Å²) in [4.78, 5) is 0. The van der Waals surface area contributed by atoms with E-state index in [4.69, 9.17) is 0 Å². The third-order valence-electron chi connectivity index (χ3n) is 4.57. The van der Waals surface area contributed by atoms with E-state index in [2.05, 4.69) is 0 Å². The molecule has 1 heterocycles. The number of nitrogens with zero attached hydrogens (tertiary/aromatic N) is 1. The van der Waals surface area contributed by atoms with E-state index in [1.54, 1.807) is 0 Å². The number of aromatic nitrogens is 1. The Morgan fingerprint density at radius 3 is 2.54 bits per heavy atom. The van der Waals surface area contributed by atoms with E-state index in [1.807, 2.05) is 0 Å². The molecular weight excluding hydrogens is 376 g/mol. The van der Waals surface area contributed by atoms with Gasteiger partial charge in [-0.25, -0.2) is 22.0 Å². The first-order chi connectivity index (χ1) is 11.9. The highest BCUT2D eigenvalue weighted by Gasteiger charge is 2.47. The standard InChI is InChI=1S/C17H17F5NO2P/c1-26(2,25)13-8-23(9-3-4-11(18)10(7-9)16(19)20)12-5-6-17(21,22)15(24)14(12)13/h3-4,7-8,15-16,24H,5-6H2,1-2H3/t15-/m0/s1. The molecule has 0 saturated carbocycles. The van der Waals surface area contributed by atoms with Crippen molar-refractivity contribution < 1.29 is 31.6 Å². The van der Waals surface area contributed by atoms with Crippen LogP contribution in [0.15, 0.2) is 24.4 Å². The van der Waals surface area contributed by atoms with Crippen LogP contribution in [0.2, 0.25) is 0 Å². The van der Waals surface area contributed by atoms with Crippen molar-refractivity contribution in [2.24, 2.45) is 0 Å². The summed E-state index contributed by atoms with van der Waals surface area (Å²) in [6, 6.07) is 3.04. The van der Waals surface area contributed by atoms with E-state index in [-0.39, 0.29) is 28.7 Å². The number of benzene rings is 1. The van der Waals surface area contributed by atoms with E-state index >= 15 is 0 Å². The van der Waals surface area contributed by atoms with Crippen molar-refractivity contribution in [3.8, 4) is 5.69 Å². The van der Waals surface area contributed by atoms with Gasteiger partial charge in [0.05, 0.1) is 5.56 Å². The molecule has 2 aromatic rings. The van der Waals surface area contributed by atoms with Crippen LogP contribution in [0.3, 0.4) is 0 Å². The minimum Gasteiger partial charge on any atom is -0.382 e. The number of alkyl halides is 4. The van der Waals surface area contributed by atoms with Crippen LogP contribution in [0.5, 0.6) is 0 Å². The first kappa shape index (κ1) is 19.1. The van der Waals surface area contributed by atoms with Crippen molar-refractivity contribution in [2.75, 3.05) is 13.3 Å². The fraction of sp³-hybridized carbons (Fsp3) is 0.412. The molecule has 3 rings (SSSR count). The predicted octanol–water partition coefficient (Wildman–Crippen LogP) is 4.42. The molecule has 1 atom stereocenters. The Morgan fingerprint density at radius 2 is 1.96 bits per heavy atom. The van der Waals surface area contributed by atoms with Crippen LogP contribution in [0.1, 0.15) is 35.8 Å². The molecular formula is C17H17F5NO2P.